The molecule has 0 radical (unpaired) electrons. The van der Waals surface area contributed by atoms with E-state index < -0.39 is 26.9 Å². The van der Waals surface area contributed by atoms with Gasteiger partial charge >= 0.3 is 103 Å². The second-order valence-electron chi connectivity index (χ2n) is 1.38. The summed E-state index contributed by atoms with van der Waals surface area (Å²) in [6.45, 7) is -0.433. The van der Waals surface area contributed by atoms with Crippen LogP contribution in [0.2, 0.25) is 0 Å². The molecular formula is C2H5Cl3K2O6P2. The summed E-state index contributed by atoms with van der Waals surface area (Å²) in [6, 6.07) is 0. The van der Waals surface area contributed by atoms with E-state index in [-0.39, 0.29) is 103 Å². The van der Waals surface area contributed by atoms with Crippen LogP contribution in [0.15, 0.2) is 0 Å². The standard InChI is InChI=1S/C2H3Cl3O.2K.H4O5P2/c3-2(4,5)1-6;;;1-6(2)5-7(3)4/h6H,1H2;;;6-7H,(H,1,2)(H,3,4)/q;2*+1;/p-2. The molecule has 0 aliphatic carbocycles. The first-order chi connectivity index (χ1) is 5.69. The molecule has 0 aromatic rings. The van der Waals surface area contributed by atoms with E-state index >= 15 is 0 Å². The van der Waals surface area contributed by atoms with Crippen LogP contribution in [0.5, 0.6) is 0 Å². The van der Waals surface area contributed by atoms with Crippen LogP contribution in [-0.4, -0.2) is 15.5 Å². The van der Waals surface area contributed by atoms with Gasteiger partial charge in [0, 0.05) is 0 Å². The Bertz CT molecular complexity index is 176. The van der Waals surface area contributed by atoms with Gasteiger partial charge in [0.05, 0.1) is 6.61 Å². The molecule has 0 bridgehead atoms. The van der Waals surface area contributed by atoms with Crippen LogP contribution in [0.1, 0.15) is 0 Å². The molecule has 2 atom stereocenters. The van der Waals surface area contributed by atoms with E-state index in [1.54, 1.807) is 0 Å². The molecule has 0 saturated heterocycles. The maximum absolute atomic E-state index is 9.29. The Morgan fingerprint density at radius 2 is 1.33 bits per heavy atom. The van der Waals surface area contributed by atoms with Crippen molar-refractivity contribution in [1.29, 1.82) is 0 Å². The van der Waals surface area contributed by atoms with Crippen LogP contribution in [0.25, 0.3) is 0 Å². The van der Waals surface area contributed by atoms with Crippen LogP contribution in [0.4, 0.5) is 0 Å². The zero-order valence-electron chi connectivity index (χ0n) is 7.83. The predicted molar refractivity (Wildman–Crippen MR) is 46.5 cm³/mol. The summed E-state index contributed by atoms with van der Waals surface area (Å²) in [7, 11) is -7.03. The second kappa shape index (κ2) is 16.5. The van der Waals surface area contributed by atoms with Crippen LogP contribution in [-0.2, 0) is 13.4 Å². The van der Waals surface area contributed by atoms with E-state index in [1.165, 1.54) is 0 Å². The normalized spacial score (nSPS) is 13.5. The molecule has 82 valence electrons. The number of aliphatic hydroxyl groups excluding tert-OH is 1. The number of hydrogen-bond donors (Lipinski definition) is 1. The fraction of sp³-hybridized carbons (Fsp3) is 1.00. The van der Waals surface area contributed by atoms with Crippen molar-refractivity contribution >= 4 is 51.3 Å². The molecular weight excluding hydrogens is 367 g/mol. The van der Waals surface area contributed by atoms with Crippen molar-refractivity contribution in [3.05, 3.63) is 0 Å². The fourth-order valence-electron chi connectivity index (χ4n) is 0.0680. The van der Waals surface area contributed by atoms with Crippen molar-refractivity contribution in [3.63, 3.8) is 0 Å². The topological polar surface area (TPSA) is 110 Å². The minimum Gasteiger partial charge on any atom is -0.781 e. The molecule has 0 aliphatic rings. The summed E-state index contributed by atoms with van der Waals surface area (Å²) in [5, 5.41) is 8.01. The molecule has 0 aromatic carbocycles. The van der Waals surface area contributed by atoms with Crippen LogP contribution in [0.3, 0.4) is 0 Å². The predicted octanol–water partition coefficient (Wildman–Crippen LogP) is -6.14. The molecule has 2 unspecified atom stereocenters. The zero-order valence-corrected chi connectivity index (χ0v) is 18.3. The molecule has 0 spiro atoms. The first-order valence-electron chi connectivity index (χ1n) is 2.46. The quantitative estimate of drug-likeness (QED) is 0.294. The van der Waals surface area contributed by atoms with E-state index in [9.17, 15) is 18.9 Å². The van der Waals surface area contributed by atoms with Gasteiger partial charge in [0.25, 0.3) is 0 Å². The summed E-state index contributed by atoms with van der Waals surface area (Å²) < 4.78 is 20.3. The van der Waals surface area contributed by atoms with E-state index in [0.717, 1.165) is 0 Å². The van der Waals surface area contributed by atoms with Gasteiger partial charge in [-0.2, -0.15) is 0 Å². The van der Waals surface area contributed by atoms with Gasteiger partial charge in [0.15, 0.2) is 0 Å². The van der Waals surface area contributed by atoms with Crippen molar-refractivity contribution in [1.82, 2.24) is 0 Å². The van der Waals surface area contributed by atoms with Gasteiger partial charge < -0.3 is 24.0 Å². The van der Waals surface area contributed by atoms with Gasteiger partial charge in [0.2, 0.25) is 3.79 Å². The number of alkyl halides is 3. The minimum absolute atomic E-state index is 0. The third kappa shape index (κ3) is 38.1. The van der Waals surface area contributed by atoms with Crippen LogP contribution >= 0.6 is 51.3 Å². The van der Waals surface area contributed by atoms with E-state index in [0.29, 0.717) is 0 Å². The minimum atomic E-state index is -3.51. The van der Waals surface area contributed by atoms with Gasteiger partial charge in [0.1, 0.15) is 16.5 Å². The van der Waals surface area contributed by atoms with Crippen molar-refractivity contribution in [3.8, 4) is 0 Å². The Balaban J connectivity index is -0.0000000718. The van der Waals surface area contributed by atoms with Gasteiger partial charge in [-0.1, -0.05) is 34.8 Å². The second-order valence-corrected chi connectivity index (χ2v) is 5.71. The van der Waals surface area contributed by atoms with Crippen molar-refractivity contribution in [2.75, 3.05) is 6.61 Å². The van der Waals surface area contributed by atoms with Crippen LogP contribution in [0, 0.1) is 0 Å². The van der Waals surface area contributed by atoms with Crippen molar-refractivity contribution in [2.45, 2.75) is 3.79 Å². The maximum Gasteiger partial charge on any atom is 1.00 e. The molecule has 15 heavy (non-hydrogen) atoms. The molecule has 0 saturated carbocycles. The van der Waals surface area contributed by atoms with Crippen molar-refractivity contribution in [2.24, 2.45) is 0 Å². The smallest absolute Gasteiger partial charge is 0.781 e. The Labute approximate surface area is 188 Å². The zero-order chi connectivity index (χ0) is 11.1. The van der Waals surface area contributed by atoms with Gasteiger partial charge in [-0.05, 0) is 0 Å². The first kappa shape index (κ1) is 27.7. The van der Waals surface area contributed by atoms with E-state index in [1.807, 2.05) is 0 Å². The summed E-state index contributed by atoms with van der Waals surface area (Å²) in [6.07, 6.45) is 0. The molecule has 0 aromatic heterocycles. The Morgan fingerprint density at radius 3 is 1.33 bits per heavy atom. The van der Waals surface area contributed by atoms with E-state index in [4.69, 9.17) is 39.9 Å². The van der Waals surface area contributed by atoms with Gasteiger partial charge in [-0.25, -0.2) is 0 Å². The number of rotatable bonds is 2. The summed E-state index contributed by atoms with van der Waals surface area (Å²) >= 11 is 15.0. The molecule has 0 aliphatic heterocycles. The maximum atomic E-state index is 9.29. The average molecular weight is 372 g/mol. The Kier molecular flexibility index (Phi) is 30.5. The number of halogens is 3. The number of aliphatic hydroxyl groups is 1. The third-order valence-electron chi connectivity index (χ3n) is 0.346. The van der Waals surface area contributed by atoms with E-state index in [2.05, 4.69) is 4.31 Å². The summed E-state index contributed by atoms with van der Waals surface area (Å²) in [5.74, 6) is 0. The monoisotopic (exact) mass is 370 g/mol. The molecule has 0 heterocycles. The largest absolute Gasteiger partial charge is 1.00 e. The first-order valence-corrected chi connectivity index (χ1v) is 6.04. The van der Waals surface area contributed by atoms with Crippen LogP contribution < -0.4 is 113 Å². The molecule has 0 fully saturated rings. The molecule has 1 N–H and O–H groups in total. The molecule has 13 heteroatoms. The van der Waals surface area contributed by atoms with Gasteiger partial charge in [-0.3, -0.25) is 4.31 Å². The average Bonchev–Trinajstić information content (AvgIpc) is 1.84. The third-order valence-corrected chi connectivity index (χ3v) is 2.04. The fourth-order valence-corrected chi connectivity index (χ4v) is 0.612. The molecule has 0 rings (SSSR count). The summed E-state index contributed by atoms with van der Waals surface area (Å²) in [4.78, 5) is 18.6. The van der Waals surface area contributed by atoms with Gasteiger partial charge in [-0.15, -0.1) is 0 Å². The molecule has 0 amide bonds. The Morgan fingerprint density at radius 1 is 1.13 bits per heavy atom. The Hall–Kier alpha value is 4.44. The summed E-state index contributed by atoms with van der Waals surface area (Å²) in [5.41, 5.74) is 0. The van der Waals surface area contributed by atoms with Crippen molar-refractivity contribution < 1.29 is 131 Å². The SMILES string of the molecule is O=[PH]([O-])O[PH](=O)[O-].OCC(Cl)(Cl)Cl.[K+].[K+]. The number of hydrogen-bond acceptors (Lipinski definition) is 6. The molecule has 6 nitrogen and oxygen atoms in total.